The van der Waals surface area contributed by atoms with Gasteiger partial charge in [-0.2, -0.15) is 0 Å². The van der Waals surface area contributed by atoms with Crippen molar-refractivity contribution in [2.24, 2.45) is 5.92 Å². The topological polar surface area (TPSA) is 55.6 Å². The smallest absolute Gasteiger partial charge is 0.254 e. The molecule has 2 aliphatic rings. The average molecular weight is 260 g/mol. The number of hydrogen-bond donors (Lipinski definition) is 1. The summed E-state index contributed by atoms with van der Waals surface area (Å²) in [7, 11) is 1.57. The first kappa shape index (κ1) is 12.3. The summed E-state index contributed by atoms with van der Waals surface area (Å²) >= 11 is 0. The van der Waals surface area contributed by atoms with Gasteiger partial charge in [-0.15, -0.1) is 0 Å². The second-order valence-corrected chi connectivity index (χ2v) is 5.59. The van der Waals surface area contributed by atoms with Crippen molar-refractivity contribution in [3.63, 3.8) is 0 Å². The Morgan fingerprint density at radius 2 is 2.11 bits per heavy atom. The van der Waals surface area contributed by atoms with E-state index in [0.717, 1.165) is 25.3 Å². The lowest BCUT2D eigenvalue weighted by atomic mass is 10.1. The van der Waals surface area contributed by atoms with Gasteiger partial charge in [0.15, 0.2) is 0 Å². The maximum absolute atomic E-state index is 12.6. The number of benzene rings is 1. The van der Waals surface area contributed by atoms with Gasteiger partial charge >= 0.3 is 0 Å². The third kappa shape index (κ3) is 2.67. The fourth-order valence-corrected chi connectivity index (χ4v) is 2.37. The van der Waals surface area contributed by atoms with Crippen molar-refractivity contribution in [3.05, 3.63) is 23.8 Å². The maximum atomic E-state index is 12.6. The lowest BCUT2D eigenvalue weighted by Crippen LogP contribution is -2.34. The van der Waals surface area contributed by atoms with Crippen molar-refractivity contribution in [2.45, 2.75) is 31.7 Å². The van der Waals surface area contributed by atoms with Crippen LogP contribution in [0.1, 0.15) is 36.0 Å². The molecule has 0 unspecified atom stereocenters. The molecule has 4 nitrogen and oxygen atoms in total. The number of rotatable bonds is 5. The molecule has 0 aliphatic heterocycles. The number of carbonyl (C=O) groups excluding carboxylic acids is 1. The van der Waals surface area contributed by atoms with E-state index in [0.29, 0.717) is 23.0 Å². The van der Waals surface area contributed by atoms with Crippen LogP contribution in [0.3, 0.4) is 0 Å². The zero-order chi connectivity index (χ0) is 13.4. The van der Waals surface area contributed by atoms with Crippen LogP contribution in [0.5, 0.6) is 5.75 Å². The molecule has 0 spiro atoms. The van der Waals surface area contributed by atoms with Crippen LogP contribution in [0.25, 0.3) is 0 Å². The first-order valence-corrected chi connectivity index (χ1v) is 6.93. The quantitative estimate of drug-likeness (QED) is 0.826. The van der Waals surface area contributed by atoms with Crippen molar-refractivity contribution >= 4 is 11.6 Å². The second-order valence-electron chi connectivity index (χ2n) is 5.59. The first-order chi connectivity index (χ1) is 9.19. The Hall–Kier alpha value is -1.71. The number of anilines is 1. The zero-order valence-electron chi connectivity index (χ0n) is 11.3. The van der Waals surface area contributed by atoms with Gasteiger partial charge in [0, 0.05) is 18.2 Å². The Morgan fingerprint density at radius 1 is 1.37 bits per heavy atom. The normalized spacial score (nSPS) is 18.2. The van der Waals surface area contributed by atoms with E-state index in [9.17, 15) is 4.79 Å². The number of carbonyl (C=O) groups is 1. The van der Waals surface area contributed by atoms with Gasteiger partial charge < -0.3 is 15.4 Å². The molecule has 2 fully saturated rings. The molecule has 2 saturated carbocycles. The molecule has 0 radical (unpaired) electrons. The second kappa shape index (κ2) is 4.76. The van der Waals surface area contributed by atoms with Gasteiger partial charge in [-0.25, -0.2) is 0 Å². The standard InChI is InChI=1S/C15H20N2O2/c1-19-14-8-11(4-7-13(14)16)15(18)17(12-5-6-12)9-10-2-3-10/h4,7-8,10,12H,2-3,5-6,9,16H2,1H3. The summed E-state index contributed by atoms with van der Waals surface area (Å²) in [6, 6.07) is 5.74. The Balaban J connectivity index is 1.80. The van der Waals surface area contributed by atoms with Crippen LogP contribution in [0.4, 0.5) is 5.69 Å². The molecule has 0 heterocycles. The van der Waals surface area contributed by atoms with Gasteiger partial charge in [0.25, 0.3) is 5.91 Å². The monoisotopic (exact) mass is 260 g/mol. The third-order valence-corrected chi connectivity index (χ3v) is 3.88. The van der Waals surface area contributed by atoms with Crippen LogP contribution in [-0.4, -0.2) is 30.5 Å². The van der Waals surface area contributed by atoms with Gasteiger partial charge in [0.05, 0.1) is 12.8 Å². The highest BCUT2D eigenvalue weighted by molar-refractivity contribution is 5.95. The Morgan fingerprint density at radius 3 is 2.68 bits per heavy atom. The Labute approximate surface area is 113 Å². The minimum atomic E-state index is 0.118. The molecule has 1 aromatic carbocycles. The molecule has 2 N–H and O–H groups in total. The highest BCUT2D eigenvalue weighted by Gasteiger charge is 2.36. The van der Waals surface area contributed by atoms with Crippen molar-refractivity contribution < 1.29 is 9.53 Å². The summed E-state index contributed by atoms with van der Waals surface area (Å²) in [5, 5.41) is 0. The number of methoxy groups -OCH3 is 1. The van der Waals surface area contributed by atoms with E-state index in [2.05, 4.69) is 0 Å². The Kier molecular flexibility index (Phi) is 3.09. The lowest BCUT2D eigenvalue weighted by Gasteiger charge is -2.22. The minimum absolute atomic E-state index is 0.118. The average Bonchev–Trinajstić information content (AvgIpc) is 3.28. The predicted octanol–water partition coefficient (Wildman–Crippen LogP) is 2.29. The number of nitrogen functional groups attached to an aromatic ring is 1. The number of nitrogens with zero attached hydrogens (tertiary/aromatic N) is 1. The molecule has 0 bridgehead atoms. The van der Waals surface area contributed by atoms with Crippen molar-refractivity contribution in [1.82, 2.24) is 4.90 Å². The van der Waals surface area contributed by atoms with Gasteiger partial charge in [-0.3, -0.25) is 4.79 Å². The van der Waals surface area contributed by atoms with Gasteiger partial charge in [0.1, 0.15) is 5.75 Å². The summed E-state index contributed by atoms with van der Waals surface area (Å²) in [6.45, 7) is 0.913. The van der Waals surface area contributed by atoms with Crippen LogP contribution in [0.2, 0.25) is 0 Å². The molecule has 0 saturated heterocycles. The van der Waals surface area contributed by atoms with E-state index in [1.54, 1.807) is 25.3 Å². The highest BCUT2D eigenvalue weighted by atomic mass is 16.5. The molecular weight excluding hydrogens is 240 g/mol. The van der Waals surface area contributed by atoms with Crippen molar-refractivity contribution in [3.8, 4) is 5.75 Å². The van der Waals surface area contributed by atoms with Gasteiger partial charge in [0.2, 0.25) is 0 Å². The molecule has 19 heavy (non-hydrogen) atoms. The van der Waals surface area contributed by atoms with E-state index >= 15 is 0 Å². The van der Waals surface area contributed by atoms with E-state index in [1.165, 1.54) is 12.8 Å². The summed E-state index contributed by atoms with van der Waals surface area (Å²) in [4.78, 5) is 14.6. The minimum Gasteiger partial charge on any atom is -0.495 e. The first-order valence-electron chi connectivity index (χ1n) is 6.93. The molecule has 1 amide bonds. The lowest BCUT2D eigenvalue weighted by molar-refractivity contribution is 0.0734. The summed E-state index contributed by atoms with van der Waals surface area (Å²) in [5.41, 5.74) is 7.04. The van der Waals surface area contributed by atoms with E-state index < -0.39 is 0 Å². The largest absolute Gasteiger partial charge is 0.495 e. The third-order valence-electron chi connectivity index (χ3n) is 3.88. The van der Waals surface area contributed by atoms with E-state index in [1.807, 2.05) is 4.90 Å². The molecule has 0 aromatic heterocycles. The SMILES string of the molecule is COc1cc(C(=O)N(CC2CC2)C2CC2)ccc1N. The van der Waals surface area contributed by atoms with E-state index in [-0.39, 0.29) is 5.91 Å². The summed E-state index contributed by atoms with van der Waals surface area (Å²) in [5.74, 6) is 1.42. The number of ether oxygens (including phenoxy) is 1. The fourth-order valence-electron chi connectivity index (χ4n) is 2.37. The number of hydrogen-bond acceptors (Lipinski definition) is 3. The van der Waals surface area contributed by atoms with E-state index in [4.69, 9.17) is 10.5 Å². The number of nitrogens with two attached hydrogens (primary N) is 1. The molecule has 102 valence electrons. The van der Waals surface area contributed by atoms with Crippen molar-refractivity contribution in [2.75, 3.05) is 19.4 Å². The van der Waals surface area contributed by atoms with Crippen LogP contribution in [0, 0.1) is 5.92 Å². The molecule has 1 aromatic rings. The summed E-state index contributed by atoms with van der Waals surface area (Å²) in [6.07, 6.45) is 4.82. The Bertz CT molecular complexity index is 493. The fraction of sp³-hybridized carbons (Fsp3) is 0.533. The van der Waals surface area contributed by atoms with Crippen LogP contribution in [0.15, 0.2) is 18.2 Å². The zero-order valence-corrected chi connectivity index (χ0v) is 11.3. The van der Waals surface area contributed by atoms with Crippen LogP contribution >= 0.6 is 0 Å². The summed E-state index contributed by atoms with van der Waals surface area (Å²) < 4.78 is 5.19. The number of amides is 1. The van der Waals surface area contributed by atoms with Crippen LogP contribution < -0.4 is 10.5 Å². The highest BCUT2D eigenvalue weighted by Crippen LogP contribution is 2.36. The molecule has 4 heteroatoms. The molecule has 2 aliphatic carbocycles. The molecular formula is C15H20N2O2. The van der Waals surface area contributed by atoms with Crippen LogP contribution in [-0.2, 0) is 0 Å². The molecule has 0 atom stereocenters. The van der Waals surface area contributed by atoms with Gasteiger partial charge in [-0.1, -0.05) is 0 Å². The van der Waals surface area contributed by atoms with Crippen molar-refractivity contribution in [1.29, 1.82) is 0 Å². The maximum Gasteiger partial charge on any atom is 0.254 e. The predicted molar refractivity (Wildman–Crippen MR) is 74.2 cm³/mol. The molecule has 3 rings (SSSR count). The van der Waals surface area contributed by atoms with Gasteiger partial charge in [-0.05, 0) is 49.8 Å².